The minimum atomic E-state index is -3.09. The van der Waals surface area contributed by atoms with Gasteiger partial charge in [-0.3, -0.25) is 4.79 Å². The molecule has 0 aromatic carbocycles. The Hall–Kier alpha value is -0.380. The molecule has 1 aliphatic rings. The summed E-state index contributed by atoms with van der Waals surface area (Å²) in [6.45, 7) is 3.71. The van der Waals surface area contributed by atoms with Gasteiger partial charge in [0.1, 0.15) is 5.25 Å². The van der Waals surface area contributed by atoms with Gasteiger partial charge in [0.25, 0.3) is 0 Å². The summed E-state index contributed by atoms with van der Waals surface area (Å²) in [5, 5.41) is -0.692. The number of hydrogen-bond donors (Lipinski definition) is 0. The maximum Gasteiger partial charge on any atom is 0.160 e. The van der Waals surface area contributed by atoms with E-state index in [0.29, 0.717) is 12.8 Å². The molecule has 0 spiro atoms. The van der Waals surface area contributed by atoms with E-state index in [1.807, 2.05) is 6.92 Å². The van der Waals surface area contributed by atoms with Crippen molar-refractivity contribution < 1.29 is 13.2 Å². The highest BCUT2D eigenvalue weighted by Gasteiger charge is 2.38. The van der Waals surface area contributed by atoms with Crippen molar-refractivity contribution in [2.45, 2.75) is 38.4 Å². The van der Waals surface area contributed by atoms with Crippen LogP contribution in [0, 0.1) is 5.92 Å². The fourth-order valence-corrected chi connectivity index (χ4v) is 3.60. The number of rotatable bonds is 3. The van der Waals surface area contributed by atoms with Gasteiger partial charge in [0.05, 0.1) is 5.75 Å². The van der Waals surface area contributed by atoms with Gasteiger partial charge < -0.3 is 0 Å². The lowest BCUT2D eigenvalue weighted by Crippen LogP contribution is -2.30. The molecule has 1 fully saturated rings. The molecule has 2 atom stereocenters. The molecule has 0 bridgehead atoms. The molecular weight excluding hydrogens is 188 g/mol. The van der Waals surface area contributed by atoms with Crippen molar-refractivity contribution in [1.82, 2.24) is 0 Å². The number of hydrogen-bond acceptors (Lipinski definition) is 3. The molecule has 0 radical (unpaired) electrons. The third kappa shape index (κ3) is 2.10. The Balaban J connectivity index is 2.78. The molecule has 0 aliphatic carbocycles. The Bertz CT molecular complexity index is 292. The summed E-state index contributed by atoms with van der Waals surface area (Å²) in [6.07, 6.45) is 1.91. The lowest BCUT2D eigenvalue weighted by Gasteiger charge is -2.12. The van der Waals surface area contributed by atoms with Crippen molar-refractivity contribution in [3.05, 3.63) is 0 Å². The zero-order chi connectivity index (χ0) is 10.1. The molecule has 0 aromatic rings. The molecule has 1 aliphatic heterocycles. The molecule has 1 heterocycles. The molecular formula is C9H16O3S. The lowest BCUT2D eigenvalue weighted by atomic mass is 9.99. The average Bonchev–Trinajstić information content (AvgIpc) is 2.42. The first-order valence-corrected chi connectivity index (χ1v) is 6.46. The van der Waals surface area contributed by atoms with Crippen LogP contribution in [0.25, 0.3) is 0 Å². The van der Waals surface area contributed by atoms with Gasteiger partial charge in [-0.25, -0.2) is 8.42 Å². The number of carbonyl (C=O) groups excluding carboxylic acids is 1. The first-order chi connectivity index (χ1) is 5.99. The maximum atomic E-state index is 11.6. The Labute approximate surface area is 79.4 Å². The van der Waals surface area contributed by atoms with E-state index in [2.05, 4.69) is 0 Å². The number of carbonyl (C=O) groups is 1. The SMILES string of the molecule is CCC(C)C(=O)C1CCCS1(=O)=O. The van der Waals surface area contributed by atoms with Crippen LogP contribution >= 0.6 is 0 Å². The van der Waals surface area contributed by atoms with Crippen molar-refractivity contribution in [1.29, 1.82) is 0 Å². The van der Waals surface area contributed by atoms with Gasteiger partial charge in [-0.05, 0) is 19.3 Å². The number of Topliss-reactive ketones (excluding diaryl/α,β-unsaturated/α-hetero) is 1. The standard InChI is InChI=1S/C9H16O3S/c1-3-7(2)9(10)8-5-4-6-13(8,11)12/h7-8H,3-6H2,1-2H3. The zero-order valence-electron chi connectivity index (χ0n) is 8.12. The summed E-state index contributed by atoms with van der Waals surface area (Å²) < 4.78 is 22.8. The van der Waals surface area contributed by atoms with Crippen LogP contribution in [0.15, 0.2) is 0 Å². The summed E-state index contributed by atoms with van der Waals surface area (Å²) in [4.78, 5) is 11.6. The topological polar surface area (TPSA) is 51.2 Å². The molecule has 76 valence electrons. The smallest absolute Gasteiger partial charge is 0.160 e. The third-order valence-electron chi connectivity index (χ3n) is 2.74. The summed E-state index contributed by atoms with van der Waals surface area (Å²) in [5.41, 5.74) is 0. The molecule has 0 saturated carbocycles. The summed E-state index contributed by atoms with van der Waals surface area (Å²) in [6, 6.07) is 0. The van der Waals surface area contributed by atoms with Gasteiger partial charge in [0, 0.05) is 5.92 Å². The highest BCUT2D eigenvalue weighted by Crippen LogP contribution is 2.24. The van der Waals surface area contributed by atoms with Gasteiger partial charge in [0.2, 0.25) is 0 Å². The second kappa shape index (κ2) is 3.78. The Morgan fingerprint density at radius 1 is 1.54 bits per heavy atom. The monoisotopic (exact) mass is 204 g/mol. The van der Waals surface area contributed by atoms with E-state index in [1.54, 1.807) is 6.92 Å². The van der Waals surface area contributed by atoms with Gasteiger partial charge in [-0.2, -0.15) is 0 Å². The van der Waals surface area contributed by atoms with E-state index in [4.69, 9.17) is 0 Å². The zero-order valence-corrected chi connectivity index (χ0v) is 8.93. The van der Waals surface area contributed by atoms with Gasteiger partial charge in [-0.1, -0.05) is 13.8 Å². The fraction of sp³-hybridized carbons (Fsp3) is 0.889. The van der Waals surface area contributed by atoms with Gasteiger partial charge in [0.15, 0.2) is 15.6 Å². The Morgan fingerprint density at radius 3 is 2.54 bits per heavy atom. The summed E-state index contributed by atoms with van der Waals surface area (Å²) >= 11 is 0. The van der Waals surface area contributed by atoms with Crippen LogP contribution in [0.1, 0.15) is 33.1 Å². The Morgan fingerprint density at radius 2 is 2.15 bits per heavy atom. The van der Waals surface area contributed by atoms with Crippen molar-refractivity contribution in [2.24, 2.45) is 5.92 Å². The quantitative estimate of drug-likeness (QED) is 0.693. The molecule has 0 aromatic heterocycles. The summed E-state index contributed by atoms with van der Waals surface area (Å²) in [5.74, 6) is -0.00213. The minimum absolute atomic E-state index is 0.0833. The van der Waals surface area contributed by atoms with Gasteiger partial charge in [-0.15, -0.1) is 0 Å². The second-order valence-electron chi connectivity index (χ2n) is 3.71. The summed E-state index contributed by atoms with van der Waals surface area (Å²) in [7, 11) is -3.09. The highest BCUT2D eigenvalue weighted by molar-refractivity contribution is 7.93. The van der Waals surface area contributed by atoms with Crippen molar-refractivity contribution in [3.8, 4) is 0 Å². The van der Waals surface area contributed by atoms with Crippen molar-refractivity contribution in [3.63, 3.8) is 0 Å². The average molecular weight is 204 g/mol. The van der Waals surface area contributed by atoms with E-state index in [1.165, 1.54) is 0 Å². The molecule has 1 rings (SSSR count). The van der Waals surface area contributed by atoms with E-state index in [0.717, 1.165) is 6.42 Å². The molecule has 2 unspecified atom stereocenters. The first kappa shape index (κ1) is 10.7. The van der Waals surface area contributed by atoms with Crippen LogP contribution < -0.4 is 0 Å². The lowest BCUT2D eigenvalue weighted by molar-refractivity contribution is -0.122. The highest BCUT2D eigenvalue weighted by atomic mass is 32.2. The predicted octanol–water partition coefficient (Wildman–Crippen LogP) is 1.18. The fourth-order valence-electron chi connectivity index (χ4n) is 1.63. The molecule has 0 amide bonds. The van der Waals surface area contributed by atoms with Crippen molar-refractivity contribution in [2.75, 3.05) is 5.75 Å². The predicted molar refractivity (Wildman–Crippen MR) is 51.3 cm³/mol. The van der Waals surface area contributed by atoms with Gasteiger partial charge >= 0.3 is 0 Å². The first-order valence-electron chi connectivity index (χ1n) is 4.74. The number of sulfone groups is 1. The largest absolute Gasteiger partial charge is 0.298 e. The number of ketones is 1. The van der Waals surface area contributed by atoms with E-state index in [9.17, 15) is 13.2 Å². The van der Waals surface area contributed by atoms with Crippen LogP contribution in [0.4, 0.5) is 0 Å². The van der Waals surface area contributed by atoms with E-state index >= 15 is 0 Å². The van der Waals surface area contributed by atoms with E-state index < -0.39 is 15.1 Å². The molecule has 3 nitrogen and oxygen atoms in total. The Kier molecular flexibility index (Phi) is 3.11. The van der Waals surface area contributed by atoms with Crippen LogP contribution in [-0.4, -0.2) is 25.2 Å². The molecule has 0 N–H and O–H groups in total. The van der Waals surface area contributed by atoms with Crippen LogP contribution in [0.2, 0.25) is 0 Å². The maximum absolute atomic E-state index is 11.6. The molecule has 1 saturated heterocycles. The second-order valence-corrected chi connectivity index (χ2v) is 6.01. The van der Waals surface area contributed by atoms with Crippen LogP contribution in [-0.2, 0) is 14.6 Å². The van der Waals surface area contributed by atoms with Crippen molar-refractivity contribution >= 4 is 15.6 Å². The van der Waals surface area contributed by atoms with E-state index in [-0.39, 0.29) is 17.5 Å². The normalized spacial score (nSPS) is 28.6. The molecule has 4 heteroatoms. The third-order valence-corrected chi connectivity index (χ3v) is 4.94. The molecule has 13 heavy (non-hydrogen) atoms. The van der Waals surface area contributed by atoms with Crippen LogP contribution in [0.5, 0.6) is 0 Å². The minimum Gasteiger partial charge on any atom is -0.298 e. The van der Waals surface area contributed by atoms with Crippen LogP contribution in [0.3, 0.4) is 0 Å².